The van der Waals surface area contributed by atoms with Crippen LogP contribution in [0.4, 0.5) is 18.9 Å². The highest BCUT2D eigenvalue weighted by Crippen LogP contribution is 2.20. The van der Waals surface area contributed by atoms with Gasteiger partial charge < -0.3 is 0 Å². The molecular formula is C8H6F3N. The monoisotopic (exact) mass is 173 g/mol. The SMILES string of the molecule is CC=Nc1cc(F)c(F)cc1F. The third-order valence-corrected chi connectivity index (χ3v) is 1.26. The Bertz CT molecular complexity index is 320. The predicted octanol–water partition coefficient (Wildman–Crippen LogP) is 2.83. The number of hydrogen-bond acceptors (Lipinski definition) is 1. The molecule has 0 N–H and O–H groups in total. The van der Waals surface area contributed by atoms with E-state index in [4.69, 9.17) is 0 Å². The Morgan fingerprint density at radius 2 is 1.67 bits per heavy atom. The number of benzene rings is 1. The van der Waals surface area contributed by atoms with Crippen LogP contribution in [0.2, 0.25) is 0 Å². The van der Waals surface area contributed by atoms with Crippen molar-refractivity contribution in [1.29, 1.82) is 0 Å². The van der Waals surface area contributed by atoms with E-state index in [1.165, 1.54) is 6.21 Å². The van der Waals surface area contributed by atoms with Crippen molar-refractivity contribution in [1.82, 2.24) is 0 Å². The van der Waals surface area contributed by atoms with Gasteiger partial charge in [-0.3, -0.25) is 4.99 Å². The van der Waals surface area contributed by atoms with Crippen molar-refractivity contribution in [2.75, 3.05) is 0 Å². The minimum absolute atomic E-state index is 0.198. The Morgan fingerprint density at radius 3 is 2.25 bits per heavy atom. The molecule has 0 aliphatic heterocycles. The van der Waals surface area contributed by atoms with Gasteiger partial charge in [-0.05, 0) is 6.92 Å². The van der Waals surface area contributed by atoms with Crippen molar-refractivity contribution >= 4 is 11.9 Å². The summed E-state index contributed by atoms with van der Waals surface area (Å²) in [4.78, 5) is 3.50. The van der Waals surface area contributed by atoms with Gasteiger partial charge >= 0.3 is 0 Å². The zero-order valence-corrected chi connectivity index (χ0v) is 6.31. The molecule has 0 amide bonds. The van der Waals surface area contributed by atoms with Crippen molar-refractivity contribution in [3.05, 3.63) is 29.6 Å². The van der Waals surface area contributed by atoms with Crippen LogP contribution in [0.15, 0.2) is 17.1 Å². The number of nitrogens with zero attached hydrogens (tertiary/aromatic N) is 1. The van der Waals surface area contributed by atoms with Gasteiger partial charge in [-0.15, -0.1) is 0 Å². The lowest BCUT2D eigenvalue weighted by molar-refractivity contribution is 0.496. The zero-order chi connectivity index (χ0) is 9.14. The summed E-state index contributed by atoms with van der Waals surface area (Å²) in [6, 6.07) is 1.18. The van der Waals surface area contributed by atoms with Gasteiger partial charge in [0, 0.05) is 18.3 Å². The van der Waals surface area contributed by atoms with Crippen LogP contribution in [0.1, 0.15) is 6.92 Å². The summed E-state index contributed by atoms with van der Waals surface area (Å²) in [7, 11) is 0. The van der Waals surface area contributed by atoms with E-state index >= 15 is 0 Å². The fourth-order valence-corrected chi connectivity index (χ4v) is 0.750. The van der Waals surface area contributed by atoms with Crippen LogP contribution < -0.4 is 0 Å². The number of rotatable bonds is 1. The van der Waals surface area contributed by atoms with Gasteiger partial charge in [0.1, 0.15) is 5.69 Å². The summed E-state index contributed by atoms with van der Waals surface area (Å²) in [5.41, 5.74) is -0.198. The van der Waals surface area contributed by atoms with Gasteiger partial charge in [-0.1, -0.05) is 0 Å². The first-order valence-electron chi connectivity index (χ1n) is 3.28. The van der Waals surface area contributed by atoms with Crippen molar-refractivity contribution in [3.63, 3.8) is 0 Å². The van der Waals surface area contributed by atoms with E-state index < -0.39 is 17.5 Å². The van der Waals surface area contributed by atoms with E-state index in [1.807, 2.05) is 0 Å². The maximum absolute atomic E-state index is 12.7. The van der Waals surface area contributed by atoms with Crippen LogP contribution in [-0.4, -0.2) is 6.21 Å². The Balaban J connectivity index is 3.23. The molecule has 1 nitrogen and oxygen atoms in total. The maximum Gasteiger partial charge on any atom is 0.161 e. The molecule has 1 aromatic carbocycles. The molecule has 0 saturated carbocycles. The van der Waals surface area contributed by atoms with Gasteiger partial charge in [0.25, 0.3) is 0 Å². The fraction of sp³-hybridized carbons (Fsp3) is 0.125. The highest BCUT2D eigenvalue weighted by molar-refractivity contribution is 5.60. The van der Waals surface area contributed by atoms with Crippen LogP contribution >= 0.6 is 0 Å². The molecule has 64 valence electrons. The molecule has 1 aromatic rings. The summed E-state index contributed by atoms with van der Waals surface area (Å²) >= 11 is 0. The van der Waals surface area contributed by atoms with Crippen LogP contribution in [0.5, 0.6) is 0 Å². The quantitative estimate of drug-likeness (QED) is 0.457. The van der Waals surface area contributed by atoms with E-state index in [-0.39, 0.29) is 5.69 Å². The van der Waals surface area contributed by atoms with Gasteiger partial charge in [0.15, 0.2) is 17.5 Å². The Hall–Kier alpha value is -1.32. The molecule has 1 rings (SSSR count). The molecular weight excluding hydrogens is 167 g/mol. The molecule has 0 saturated heterocycles. The van der Waals surface area contributed by atoms with Crippen LogP contribution in [0.3, 0.4) is 0 Å². The Morgan fingerprint density at radius 1 is 1.08 bits per heavy atom. The van der Waals surface area contributed by atoms with E-state index in [2.05, 4.69) is 4.99 Å². The second kappa shape index (κ2) is 3.38. The highest BCUT2D eigenvalue weighted by Gasteiger charge is 2.07. The van der Waals surface area contributed by atoms with Gasteiger partial charge in [0.2, 0.25) is 0 Å². The standard InChI is InChI=1S/C8H6F3N/c1-2-12-8-4-6(10)5(9)3-7(8)11/h2-4H,1H3. The third kappa shape index (κ3) is 1.64. The topological polar surface area (TPSA) is 12.4 Å². The molecule has 0 aliphatic rings. The first-order chi connectivity index (χ1) is 5.65. The lowest BCUT2D eigenvalue weighted by Crippen LogP contribution is -1.86. The normalized spacial score (nSPS) is 11.0. The average molecular weight is 173 g/mol. The maximum atomic E-state index is 12.7. The van der Waals surface area contributed by atoms with Crippen molar-refractivity contribution in [2.24, 2.45) is 4.99 Å². The van der Waals surface area contributed by atoms with Crippen molar-refractivity contribution < 1.29 is 13.2 Å². The largest absolute Gasteiger partial charge is 0.258 e. The average Bonchev–Trinajstić information content (AvgIpc) is 2.01. The Kier molecular flexibility index (Phi) is 2.47. The van der Waals surface area contributed by atoms with Gasteiger partial charge in [-0.2, -0.15) is 0 Å². The Labute approximate surface area is 67.6 Å². The fourth-order valence-electron chi connectivity index (χ4n) is 0.750. The number of hydrogen-bond donors (Lipinski definition) is 0. The number of aliphatic imine (C=N–C) groups is 1. The first-order valence-corrected chi connectivity index (χ1v) is 3.28. The molecule has 0 atom stereocenters. The zero-order valence-electron chi connectivity index (χ0n) is 6.31. The third-order valence-electron chi connectivity index (χ3n) is 1.26. The summed E-state index contributed by atoms with van der Waals surface area (Å²) < 4.78 is 37.5. The summed E-state index contributed by atoms with van der Waals surface area (Å²) in [6.45, 7) is 1.56. The molecule has 0 radical (unpaired) electrons. The first kappa shape index (κ1) is 8.77. The molecule has 0 aromatic heterocycles. The number of halogens is 3. The molecule has 12 heavy (non-hydrogen) atoms. The minimum atomic E-state index is -1.21. The van der Waals surface area contributed by atoms with Crippen molar-refractivity contribution in [2.45, 2.75) is 6.92 Å². The molecule has 0 fully saturated rings. The highest BCUT2D eigenvalue weighted by atomic mass is 19.2. The molecule has 0 aliphatic carbocycles. The molecule has 4 heteroatoms. The van der Waals surface area contributed by atoms with Crippen LogP contribution in [0, 0.1) is 17.5 Å². The minimum Gasteiger partial charge on any atom is -0.258 e. The van der Waals surface area contributed by atoms with Crippen LogP contribution in [0.25, 0.3) is 0 Å². The second-order valence-corrected chi connectivity index (χ2v) is 2.11. The summed E-state index contributed by atoms with van der Waals surface area (Å²) in [5.74, 6) is -3.17. The smallest absolute Gasteiger partial charge is 0.161 e. The molecule has 0 spiro atoms. The van der Waals surface area contributed by atoms with Gasteiger partial charge in [0.05, 0.1) is 0 Å². The van der Waals surface area contributed by atoms with Gasteiger partial charge in [-0.25, -0.2) is 13.2 Å². The van der Waals surface area contributed by atoms with Crippen molar-refractivity contribution in [3.8, 4) is 0 Å². The van der Waals surface area contributed by atoms with E-state index in [0.717, 1.165) is 0 Å². The van der Waals surface area contributed by atoms with E-state index in [9.17, 15) is 13.2 Å². The lowest BCUT2D eigenvalue weighted by atomic mass is 10.3. The molecule has 0 bridgehead atoms. The van der Waals surface area contributed by atoms with E-state index in [1.54, 1.807) is 6.92 Å². The van der Waals surface area contributed by atoms with E-state index in [0.29, 0.717) is 12.1 Å². The van der Waals surface area contributed by atoms with Crippen LogP contribution in [-0.2, 0) is 0 Å². The molecule has 0 unspecified atom stereocenters. The summed E-state index contributed by atoms with van der Waals surface area (Å²) in [6.07, 6.45) is 1.30. The summed E-state index contributed by atoms with van der Waals surface area (Å²) in [5, 5.41) is 0. The second-order valence-electron chi connectivity index (χ2n) is 2.11. The predicted molar refractivity (Wildman–Crippen MR) is 40.1 cm³/mol. The lowest BCUT2D eigenvalue weighted by Gasteiger charge is -1.96. The molecule has 0 heterocycles.